The lowest BCUT2D eigenvalue weighted by molar-refractivity contribution is 0.421. The Balaban J connectivity index is 1.49. The lowest BCUT2D eigenvalue weighted by atomic mass is 9.96. The third-order valence-electron chi connectivity index (χ3n) is 5.54. The van der Waals surface area contributed by atoms with Crippen molar-refractivity contribution in [2.24, 2.45) is 10.9 Å². The van der Waals surface area contributed by atoms with Gasteiger partial charge in [-0.05, 0) is 37.5 Å². The molecule has 4 rings (SSSR count). The van der Waals surface area contributed by atoms with E-state index in [1.165, 1.54) is 0 Å². The summed E-state index contributed by atoms with van der Waals surface area (Å²) in [6.07, 6.45) is 7.75. The fraction of sp³-hybridized carbons (Fsp3) is 0.647. The molecule has 2 aliphatic heterocycles. The standard InChI is InChI=1S/C17H23N7O2S/c1-11-8-12(23-27(25,26)7-3-2-5-18)9-13(11)17-22-21-15-10-20-16-14(24(15)17)4-6-19-16/h4,6,10-14,16,19,23H,2-3,7-9H2,1H3/t11-,12+,13+,14?,16?/m1/s1. The van der Waals surface area contributed by atoms with Gasteiger partial charge < -0.3 is 5.32 Å². The van der Waals surface area contributed by atoms with Crippen LogP contribution in [0.4, 0.5) is 0 Å². The maximum Gasteiger partial charge on any atom is 0.211 e. The van der Waals surface area contributed by atoms with Crippen LogP contribution in [0.2, 0.25) is 0 Å². The number of sulfonamides is 1. The van der Waals surface area contributed by atoms with Gasteiger partial charge in [0.15, 0.2) is 5.82 Å². The molecule has 0 bridgehead atoms. The van der Waals surface area contributed by atoms with Crippen LogP contribution in [-0.4, -0.2) is 47.4 Å². The topological polar surface area (TPSA) is 125 Å². The van der Waals surface area contributed by atoms with Gasteiger partial charge in [-0.25, -0.2) is 13.1 Å². The quantitative estimate of drug-likeness (QED) is 0.693. The molecule has 2 unspecified atom stereocenters. The first kappa shape index (κ1) is 18.1. The van der Waals surface area contributed by atoms with Crippen LogP contribution in [-0.2, 0) is 10.0 Å². The second kappa shape index (κ2) is 7.05. The van der Waals surface area contributed by atoms with Gasteiger partial charge in [-0.2, -0.15) is 5.26 Å². The Morgan fingerprint density at radius 3 is 3.07 bits per heavy atom. The number of nitriles is 1. The van der Waals surface area contributed by atoms with E-state index in [2.05, 4.69) is 42.8 Å². The van der Waals surface area contributed by atoms with Gasteiger partial charge in [-0.15, -0.1) is 10.2 Å². The van der Waals surface area contributed by atoms with Crippen LogP contribution in [0.1, 0.15) is 56.2 Å². The Labute approximate surface area is 158 Å². The molecule has 0 saturated heterocycles. The maximum atomic E-state index is 12.3. The van der Waals surface area contributed by atoms with E-state index in [1.807, 2.05) is 12.3 Å². The van der Waals surface area contributed by atoms with E-state index in [4.69, 9.17) is 5.26 Å². The van der Waals surface area contributed by atoms with Crippen molar-refractivity contribution >= 4 is 16.2 Å². The number of hydrogen-bond donors (Lipinski definition) is 2. The van der Waals surface area contributed by atoms with Crippen molar-refractivity contribution in [1.29, 1.82) is 5.26 Å². The van der Waals surface area contributed by atoms with E-state index in [1.54, 1.807) is 6.21 Å². The molecule has 1 aromatic rings. The molecule has 0 amide bonds. The summed E-state index contributed by atoms with van der Waals surface area (Å²) in [5, 5.41) is 20.5. The van der Waals surface area contributed by atoms with E-state index in [0.717, 1.165) is 18.1 Å². The fourth-order valence-electron chi connectivity index (χ4n) is 4.28. The number of hydrogen-bond acceptors (Lipinski definition) is 7. The number of aliphatic imine (C=N–C) groups is 1. The minimum Gasteiger partial charge on any atom is -0.368 e. The van der Waals surface area contributed by atoms with Crippen LogP contribution in [0.5, 0.6) is 0 Å². The number of nitrogens with zero attached hydrogens (tertiary/aromatic N) is 5. The van der Waals surface area contributed by atoms with Gasteiger partial charge in [0.1, 0.15) is 12.0 Å². The average Bonchev–Trinajstić information content (AvgIpc) is 3.31. The van der Waals surface area contributed by atoms with E-state index in [-0.39, 0.29) is 36.3 Å². The number of fused-ring (bicyclic) bond motifs is 3. The lowest BCUT2D eigenvalue weighted by Gasteiger charge is -2.26. The van der Waals surface area contributed by atoms with Crippen LogP contribution in [0.3, 0.4) is 0 Å². The second-order valence-electron chi connectivity index (χ2n) is 7.48. The van der Waals surface area contributed by atoms with Crippen molar-refractivity contribution in [3.8, 4) is 6.07 Å². The first-order valence-electron chi connectivity index (χ1n) is 9.26. The van der Waals surface area contributed by atoms with Crippen LogP contribution in [0, 0.1) is 17.2 Å². The van der Waals surface area contributed by atoms with Crippen molar-refractivity contribution < 1.29 is 8.42 Å². The predicted molar refractivity (Wildman–Crippen MR) is 99.4 cm³/mol. The van der Waals surface area contributed by atoms with Crippen LogP contribution >= 0.6 is 0 Å². The predicted octanol–water partition coefficient (Wildman–Crippen LogP) is 0.800. The van der Waals surface area contributed by atoms with Crippen molar-refractivity contribution in [1.82, 2.24) is 24.8 Å². The molecule has 3 heterocycles. The van der Waals surface area contributed by atoms with Gasteiger partial charge in [0.25, 0.3) is 0 Å². The Kier molecular flexibility index (Phi) is 4.74. The molecule has 0 spiro atoms. The highest BCUT2D eigenvalue weighted by molar-refractivity contribution is 7.89. The molecule has 10 heteroatoms. The van der Waals surface area contributed by atoms with Gasteiger partial charge in [-0.1, -0.05) is 6.92 Å². The molecule has 1 saturated carbocycles. The number of aromatic nitrogens is 3. The number of unbranched alkanes of at least 4 members (excludes halogenated alkanes) is 1. The van der Waals surface area contributed by atoms with E-state index >= 15 is 0 Å². The van der Waals surface area contributed by atoms with Gasteiger partial charge in [0.2, 0.25) is 10.0 Å². The molecule has 0 radical (unpaired) electrons. The van der Waals surface area contributed by atoms with Gasteiger partial charge in [0.05, 0.1) is 24.1 Å². The van der Waals surface area contributed by atoms with Crippen molar-refractivity contribution in [2.75, 3.05) is 5.75 Å². The normalized spacial score (nSPS) is 31.3. The fourth-order valence-corrected chi connectivity index (χ4v) is 5.63. The highest BCUT2D eigenvalue weighted by atomic mass is 32.2. The van der Waals surface area contributed by atoms with Crippen LogP contribution in [0.15, 0.2) is 17.3 Å². The molecule has 144 valence electrons. The minimum absolute atomic E-state index is 0.00682. The SMILES string of the molecule is C[C@@H]1C[C@H](NS(=O)(=O)CCCC#N)C[C@@H]1c1nnc2n1C1C=CNC1N=C2. The summed E-state index contributed by atoms with van der Waals surface area (Å²) in [5.74, 6) is 2.07. The molecule has 5 atom stereocenters. The third-order valence-corrected chi connectivity index (χ3v) is 7.06. The van der Waals surface area contributed by atoms with Crippen LogP contribution in [0.25, 0.3) is 0 Å². The molecule has 27 heavy (non-hydrogen) atoms. The summed E-state index contributed by atoms with van der Waals surface area (Å²) >= 11 is 0. The Morgan fingerprint density at radius 1 is 1.41 bits per heavy atom. The molecule has 9 nitrogen and oxygen atoms in total. The smallest absolute Gasteiger partial charge is 0.211 e. The summed E-state index contributed by atoms with van der Waals surface area (Å²) in [5.41, 5.74) is 0. The molecule has 1 aliphatic carbocycles. The summed E-state index contributed by atoms with van der Waals surface area (Å²) in [4.78, 5) is 4.45. The summed E-state index contributed by atoms with van der Waals surface area (Å²) in [6, 6.07) is 1.93. The van der Waals surface area contributed by atoms with E-state index in [9.17, 15) is 8.42 Å². The Bertz CT molecular complexity index is 914. The van der Waals surface area contributed by atoms with Crippen LogP contribution < -0.4 is 10.0 Å². The number of nitrogens with one attached hydrogen (secondary N) is 2. The third kappa shape index (κ3) is 3.49. The first-order chi connectivity index (χ1) is 13.0. The van der Waals surface area contributed by atoms with Gasteiger partial charge in [0, 0.05) is 18.4 Å². The van der Waals surface area contributed by atoms with Crippen molar-refractivity contribution in [3.63, 3.8) is 0 Å². The molecule has 0 aromatic carbocycles. The monoisotopic (exact) mass is 389 g/mol. The first-order valence-corrected chi connectivity index (χ1v) is 10.9. The van der Waals surface area contributed by atoms with Gasteiger partial charge in [-0.3, -0.25) is 9.56 Å². The van der Waals surface area contributed by atoms with Gasteiger partial charge >= 0.3 is 0 Å². The molecular formula is C17H23N7O2S. The zero-order valence-electron chi connectivity index (χ0n) is 15.1. The summed E-state index contributed by atoms with van der Waals surface area (Å²) in [7, 11) is -3.37. The van der Waals surface area contributed by atoms with Crippen molar-refractivity contribution in [2.45, 2.75) is 56.8 Å². The largest absolute Gasteiger partial charge is 0.368 e. The Morgan fingerprint density at radius 2 is 2.26 bits per heavy atom. The maximum absolute atomic E-state index is 12.3. The zero-order valence-corrected chi connectivity index (χ0v) is 15.9. The molecule has 1 fully saturated rings. The second-order valence-corrected chi connectivity index (χ2v) is 9.35. The zero-order chi connectivity index (χ0) is 19.0. The molecular weight excluding hydrogens is 366 g/mol. The highest BCUT2D eigenvalue weighted by Crippen LogP contribution is 2.41. The number of rotatable bonds is 6. The van der Waals surface area contributed by atoms with Crippen molar-refractivity contribution in [3.05, 3.63) is 23.9 Å². The van der Waals surface area contributed by atoms with E-state index in [0.29, 0.717) is 18.8 Å². The summed E-state index contributed by atoms with van der Waals surface area (Å²) < 4.78 is 29.4. The molecule has 3 aliphatic rings. The molecule has 2 N–H and O–H groups in total. The highest BCUT2D eigenvalue weighted by Gasteiger charge is 2.40. The summed E-state index contributed by atoms with van der Waals surface area (Å²) in [6.45, 7) is 2.13. The van der Waals surface area contributed by atoms with E-state index < -0.39 is 10.0 Å². The Hall–Kier alpha value is -2.25. The average molecular weight is 389 g/mol. The molecule has 1 aromatic heterocycles. The minimum atomic E-state index is -3.37. The lowest BCUT2D eigenvalue weighted by Crippen LogP contribution is -2.35.